The summed E-state index contributed by atoms with van der Waals surface area (Å²) in [5.41, 5.74) is 2.63. The van der Waals surface area contributed by atoms with Gasteiger partial charge < -0.3 is 20.1 Å². The number of anilines is 1. The van der Waals surface area contributed by atoms with Crippen molar-refractivity contribution in [2.45, 2.75) is 19.4 Å². The monoisotopic (exact) mass is 380 g/mol. The van der Waals surface area contributed by atoms with E-state index in [-0.39, 0.29) is 5.41 Å². The summed E-state index contributed by atoms with van der Waals surface area (Å²) in [6.45, 7) is 6.31. The molecule has 0 aliphatic carbocycles. The van der Waals surface area contributed by atoms with Crippen LogP contribution in [0.15, 0.2) is 36.9 Å². The van der Waals surface area contributed by atoms with E-state index in [1.165, 1.54) is 0 Å². The Balaban J connectivity index is 1.35. The fourth-order valence-corrected chi connectivity index (χ4v) is 3.58. The van der Waals surface area contributed by atoms with Crippen LogP contribution in [-0.2, 0) is 4.74 Å². The van der Waals surface area contributed by atoms with Crippen LogP contribution in [0.25, 0.3) is 17.0 Å². The zero-order chi connectivity index (χ0) is 19.0. The molecule has 3 aromatic heterocycles. The Morgan fingerprint density at radius 1 is 1.36 bits per heavy atom. The Labute approximate surface area is 163 Å². The van der Waals surface area contributed by atoms with Gasteiger partial charge in [0.1, 0.15) is 22.9 Å². The molecule has 1 unspecified atom stereocenters. The highest BCUT2D eigenvalue weighted by atomic mass is 16.5. The normalized spacial score (nSPS) is 20.8. The van der Waals surface area contributed by atoms with E-state index in [1.807, 2.05) is 28.9 Å². The van der Waals surface area contributed by atoms with Crippen LogP contribution in [-0.4, -0.2) is 58.3 Å². The summed E-state index contributed by atoms with van der Waals surface area (Å²) in [5, 5.41) is 6.79. The fraction of sp³-hybridized carbons (Fsp3) is 0.450. The maximum absolute atomic E-state index is 5.95. The Kier molecular flexibility index (Phi) is 4.37. The van der Waals surface area contributed by atoms with Gasteiger partial charge in [0.05, 0.1) is 44.1 Å². The maximum Gasteiger partial charge on any atom is 0.145 e. The molecule has 0 bridgehead atoms. The van der Waals surface area contributed by atoms with E-state index in [0.29, 0.717) is 12.6 Å². The van der Waals surface area contributed by atoms with E-state index in [1.54, 1.807) is 12.4 Å². The van der Waals surface area contributed by atoms with E-state index in [9.17, 15) is 0 Å². The van der Waals surface area contributed by atoms with E-state index in [0.717, 1.165) is 61.3 Å². The van der Waals surface area contributed by atoms with Gasteiger partial charge in [0, 0.05) is 30.3 Å². The van der Waals surface area contributed by atoms with Gasteiger partial charge in [0.15, 0.2) is 0 Å². The molecule has 146 valence electrons. The average Bonchev–Trinajstić information content (AvgIpc) is 3.34. The van der Waals surface area contributed by atoms with Crippen LogP contribution in [0.3, 0.4) is 0 Å². The molecule has 8 nitrogen and oxygen atoms in total. The molecule has 2 aliphatic rings. The molecule has 8 heteroatoms. The van der Waals surface area contributed by atoms with Gasteiger partial charge in [0.25, 0.3) is 0 Å². The fourth-order valence-electron chi connectivity index (χ4n) is 3.58. The van der Waals surface area contributed by atoms with Gasteiger partial charge in [-0.3, -0.25) is 9.38 Å². The first-order valence-corrected chi connectivity index (χ1v) is 9.66. The predicted molar refractivity (Wildman–Crippen MR) is 106 cm³/mol. The second-order valence-corrected chi connectivity index (χ2v) is 7.95. The number of pyridine rings is 1. The summed E-state index contributed by atoms with van der Waals surface area (Å²) in [6.07, 6.45) is 8.42. The Hall–Kier alpha value is -2.71. The molecular formula is C20H24N6O2. The lowest BCUT2D eigenvalue weighted by atomic mass is 9.90. The van der Waals surface area contributed by atoms with Gasteiger partial charge in [-0.15, -0.1) is 0 Å². The third kappa shape index (κ3) is 3.41. The number of hydrogen-bond acceptors (Lipinski definition) is 7. The van der Waals surface area contributed by atoms with Crippen LogP contribution in [0.5, 0.6) is 5.75 Å². The number of fused-ring (bicyclic) bond motifs is 1. The maximum atomic E-state index is 5.95. The van der Waals surface area contributed by atoms with Gasteiger partial charge in [-0.05, 0) is 19.0 Å². The third-order valence-electron chi connectivity index (χ3n) is 5.28. The minimum absolute atomic E-state index is 0.116. The van der Waals surface area contributed by atoms with Crippen molar-refractivity contribution in [3.8, 4) is 17.1 Å². The Bertz CT molecular complexity index is 978. The van der Waals surface area contributed by atoms with Crippen LogP contribution < -0.4 is 15.4 Å². The van der Waals surface area contributed by atoms with Crippen LogP contribution in [0.4, 0.5) is 5.82 Å². The minimum atomic E-state index is 0.116. The van der Waals surface area contributed by atoms with Gasteiger partial charge in [-0.25, -0.2) is 9.97 Å². The van der Waals surface area contributed by atoms with Crippen molar-refractivity contribution in [1.29, 1.82) is 0 Å². The highest BCUT2D eigenvalue weighted by Crippen LogP contribution is 2.28. The molecule has 0 spiro atoms. The average molecular weight is 380 g/mol. The molecule has 2 saturated heterocycles. The quantitative estimate of drug-likeness (QED) is 0.676. The molecule has 3 aromatic rings. The molecule has 2 aliphatic heterocycles. The van der Waals surface area contributed by atoms with Crippen molar-refractivity contribution >= 4 is 11.5 Å². The van der Waals surface area contributed by atoms with E-state index in [2.05, 4.69) is 27.5 Å². The second-order valence-electron chi connectivity index (χ2n) is 7.95. The number of ether oxygens (including phenoxy) is 2. The van der Waals surface area contributed by atoms with Crippen molar-refractivity contribution in [2.75, 3.05) is 38.2 Å². The smallest absolute Gasteiger partial charge is 0.145 e. The van der Waals surface area contributed by atoms with Crippen molar-refractivity contribution in [1.82, 2.24) is 24.7 Å². The van der Waals surface area contributed by atoms with E-state index >= 15 is 0 Å². The largest absolute Gasteiger partial charge is 0.493 e. The number of rotatable bonds is 6. The second kappa shape index (κ2) is 7.03. The van der Waals surface area contributed by atoms with Crippen molar-refractivity contribution in [2.24, 2.45) is 5.41 Å². The third-order valence-corrected chi connectivity index (χ3v) is 5.28. The van der Waals surface area contributed by atoms with Crippen LogP contribution in [0, 0.1) is 5.41 Å². The molecule has 2 fully saturated rings. The number of hydrogen-bond donors (Lipinski definition) is 2. The summed E-state index contributed by atoms with van der Waals surface area (Å²) < 4.78 is 13.2. The van der Waals surface area contributed by atoms with Crippen LogP contribution >= 0.6 is 0 Å². The van der Waals surface area contributed by atoms with Gasteiger partial charge in [-0.1, -0.05) is 6.92 Å². The number of nitrogens with zero attached hydrogens (tertiary/aromatic N) is 4. The summed E-state index contributed by atoms with van der Waals surface area (Å²) in [5.74, 6) is 1.60. The molecule has 0 saturated carbocycles. The van der Waals surface area contributed by atoms with Crippen molar-refractivity contribution < 1.29 is 9.47 Å². The predicted octanol–water partition coefficient (Wildman–Crippen LogP) is 1.98. The molecule has 0 aromatic carbocycles. The number of aromatic nitrogens is 4. The van der Waals surface area contributed by atoms with E-state index in [4.69, 9.17) is 14.5 Å². The highest BCUT2D eigenvalue weighted by molar-refractivity contribution is 5.61. The van der Waals surface area contributed by atoms with Gasteiger partial charge in [0.2, 0.25) is 0 Å². The number of imidazole rings is 1. The Morgan fingerprint density at radius 2 is 2.29 bits per heavy atom. The number of nitrogens with one attached hydrogen (secondary N) is 2. The first kappa shape index (κ1) is 17.4. The molecule has 2 N–H and O–H groups in total. The molecular weight excluding hydrogens is 356 g/mol. The standard InChI is InChI=1S/C20H24N6O2/c1-20(11-27-12-20)13-28-15-3-5-26-17(9-23-19(26)6-15)16-8-22-10-18(25-16)24-14-2-4-21-7-14/h3,5-6,8-10,14,21H,2,4,7,11-13H2,1H3,(H,24,25). The minimum Gasteiger partial charge on any atom is -0.493 e. The lowest BCUT2D eigenvalue weighted by Gasteiger charge is -2.37. The van der Waals surface area contributed by atoms with Crippen LogP contribution in [0.2, 0.25) is 0 Å². The lowest BCUT2D eigenvalue weighted by molar-refractivity contribution is -0.120. The van der Waals surface area contributed by atoms with Crippen molar-refractivity contribution in [3.63, 3.8) is 0 Å². The summed E-state index contributed by atoms with van der Waals surface area (Å²) in [7, 11) is 0. The molecule has 0 amide bonds. The zero-order valence-corrected chi connectivity index (χ0v) is 15.9. The molecule has 5 heterocycles. The molecule has 0 radical (unpaired) electrons. The van der Waals surface area contributed by atoms with Gasteiger partial charge >= 0.3 is 0 Å². The summed E-state index contributed by atoms with van der Waals surface area (Å²) in [6, 6.07) is 4.31. The van der Waals surface area contributed by atoms with E-state index < -0.39 is 0 Å². The molecule has 5 rings (SSSR count). The summed E-state index contributed by atoms with van der Waals surface area (Å²) in [4.78, 5) is 13.6. The first-order chi connectivity index (χ1) is 13.7. The lowest BCUT2D eigenvalue weighted by Crippen LogP contribution is -2.44. The SMILES string of the molecule is CC1(COc2ccn3c(-c4cncc(NC5CCNC5)n4)cnc3c2)COC1. The van der Waals surface area contributed by atoms with Crippen molar-refractivity contribution in [3.05, 3.63) is 36.9 Å². The molecule has 28 heavy (non-hydrogen) atoms. The summed E-state index contributed by atoms with van der Waals surface area (Å²) >= 11 is 0. The van der Waals surface area contributed by atoms with Gasteiger partial charge in [-0.2, -0.15) is 0 Å². The highest BCUT2D eigenvalue weighted by Gasteiger charge is 2.34. The molecule has 1 atom stereocenters. The first-order valence-electron chi connectivity index (χ1n) is 9.66. The van der Waals surface area contributed by atoms with Crippen LogP contribution in [0.1, 0.15) is 13.3 Å². The zero-order valence-electron chi connectivity index (χ0n) is 15.9. The topological polar surface area (TPSA) is 85.6 Å². The Morgan fingerprint density at radius 3 is 3.07 bits per heavy atom.